The number of ether oxygens (including phenoxy) is 2. The standard InChI is InChI=1S/C16H18N2O3/c1-20-15-9-5-3-7-13(15)18-16(19)11-21-14-8-4-2-6-12(14)10-17/h2-9H,10-11,17H2,1H3,(H,18,19). The van der Waals surface area contributed by atoms with Gasteiger partial charge in [0.05, 0.1) is 12.8 Å². The molecule has 110 valence electrons. The van der Waals surface area contributed by atoms with Gasteiger partial charge in [-0.05, 0) is 18.2 Å². The second-order valence-electron chi connectivity index (χ2n) is 4.35. The highest BCUT2D eigenvalue weighted by molar-refractivity contribution is 5.93. The Bertz CT molecular complexity index is 614. The van der Waals surface area contributed by atoms with Gasteiger partial charge < -0.3 is 20.5 Å². The summed E-state index contributed by atoms with van der Waals surface area (Å²) in [6.07, 6.45) is 0. The number of nitrogens with two attached hydrogens (primary N) is 1. The molecule has 0 spiro atoms. The highest BCUT2D eigenvalue weighted by Crippen LogP contribution is 2.23. The van der Waals surface area contributed by atoms with E-state index in [-0.39, 0.29) is 12.5 Å². The van der Waals surface area contributed by atoms with Gasteiger partial charge in [-0.25, -0.2) is 0 Å². The normalized spacial score (nSPS) is 10.0. The number of anilines is 1. The van der Waals surface area contributed by atoms with Gasteiger partial charge in [0.1, 0.15) is 11.5 Å². The van der Waals surface area contributed by atoms with Crippen molar-refractivity contribution in [2.45, 2.75) is 6.54 Å². The number of rotatable bonds is 6. The Morgan fingerprint density at radius 1 is 1.10 bits per heavy atom. The van der Waals surface area contributed by atoms with E-state index in [0.29, 0.717) is 23.7 Å². The lowest BCUT2D eigenvalue weighted by Gasteiger charge is -2.12. The lowest BCUT2D eigenvalue weighted by atomic mass is 10.2. The minimum atomic E-state index is -0.258. The van der Waals surface area contributed by atoms with Gasteiger partial charge in [0.2, 0.25) is 0 Å². The maximum Gasteiger partial charge on any atom is 0.262 e. The molecule has 0 aliphatic rings. The second-order valence-corrected chi connectivity index (χ2v) is 4.35. The molecule has 3 N–H and O–H groups in total. The van der Waals surface area contributed by atoms with Crippen LogP contribution >= 0.6 is 0 Å². The summed E-state index contributed by atoms with van der Waals surface area (Å²) in [5, 5.41) is 2.75. The van der Waals surface area contributed by atoms with Crippen molar-refractivity contribution in [2.75, 3.05) is 19.0 Å². The van der Waals surface area contributed by atoms with Gasteiger partial charge in [0, 0.05) is 12.1 Å². The number of amides is 1. The van der Waals surface area contributed by atoms with Crippen molar-refractivity contribution < 1.29 is 14.3 Å². The van der Waals surface area contributed by atoms with Crippen LogP contribution in [0.25, 0.3) is 0 Å². The molecule has 0 heterocycles. The number of methoxy groups -OCH3 is 1. The summed E-state index contributed by atoms with van der Waals surface area (Å²) >= 11 is 0. The highest BCUT2D eigenvalue weighted by atomic mass is 16.5. The first-order valence-corrected chi connectivity index (χ1v) is 6.58. The van der Waals surface area contributed by atoms with Crippen LogP contribution in [0.15, 0.2) is 48.5 Å². The van der Waals surface area contributed by atoms with Crippen LogP contribution in [-0.4, -0.2) is 19.6 Å². The van der Waals surface area contributed by atoms with Gasteiger partial charge >= 0.3 is 0 Å². The summed E-state index contributed by atoms with van der Waals surface area (Å²) in [4.78, 5) is 11.9. The van der Waals surface area contributed by atoms with E-state index in [0.717, 1.165) is 5.56 Å². The first-order valence-electron chi connectivity index (χ1n) is 6.58. The van der Waals surface area contributed by atoms with E-state index in [1.54, 1.807) is 25.3 Å². The first kappa shape index (κ1) is 14.9. The molecule has 5 heteroatoms. The van der Waals surface area contributed by atoms with Crippen LogP contribution in [0, 0.1) is 0 Å². The molecule has 0 aromatic heterocycles. The average Bonchev–Trinajstić information content (AvgIpc) is 2.53. The van der Waals surface area contributed by atoms with Crippen molar-refractivity contribution in [3.05, 3.63) is 54.1 Å². The second kappa shape index (κ2) is 7.31. The third-order valence-electron chi connectivity index (χ3n) is 2.93. The van der Waals surface area contributed by atoms with Crippen molar-refractivity contribution >= 4 is 11.6 Å². The summed E-state index contributed by atoms with van der Waals surface area (Å²) in [7, 11) is 1.55. The Labute approximate surface area is 123 Å². The van der Waals surface area contributed by atoms with Crippen molar-refractivity contribution in [3.8, 4) is 11.5 Å². The quantitative estimate of drug-likeness (QED) is 0.853. The molecule has 0 unspecified atom stereocenters. The van der Waals surface area contributed by atoms with Gasteiger partial charge in [-0.15, -0.1) is 0 Å². The summed E-state index contributed by atoms with van der Waals surface area (Å²) in [6, 6.07) is 14.6. The van der Waals surface area contributed by atoms with E-state index in [9.17, 15) is 4.79 Å². The Hall–Kier alpha value is -2.53. The molecule has 0 aliphatic carbocycles. The number of carbonyl (C=O) groups excluding carboxylic acids is 1. The molecule has 0 saturated carbocycles. The Balaban J connectivity index is 1.96. The number of carbonyl (C=O) groups is 1. The number of hydrogen-bond acceptors (Lipinski definition) is 4. The first-order chi connectivity index (χ1) is 10.2. The molecule has 21 heavy (non-hydrogen) atoms. The maximum absolute atomic E-state index is 11.9. The molecule has 0 atom stereocenters. The van der Waals surface area contributed by atoms with Crippen molar-refractivity contribution in [3.63, 3.8) is 0 Å². The Morgan fingerprint density at radius 2 is 1.76 bits per heavy atom. The third kappa shape index (κ3) is 3.97. The zero-order valence-electron chi connectivity index (χ0n) is 11.8. The van der Waals surface area contributed by atoms with E-state index in [1.165, 1.54) is 0 Å². The van der Waals surface area contributed by atoms with Crippen LogP contribution in [0.3, 0.4) is 0 Å². The minimum absolute atomic E-state index is 0.0882. The van der Waals surface area contributed by atoms with Gasteiger partial charge in [-0.3, -0.25) is 4.79 Å². The van der Waals surface area contributed by atoms with E-state index in [4.69, 9.17) is 15.2 Å². The zero-order chi connectivity index (χ0) is 15.1. The van der Waals surface area contributed by atoms with E-state index >= 15 is 0 Å². The van der Waals surface area contributed by atoms with E-state index in [1.807, 2.05) is 30.3 Å². The molecular weight excluding hydrogens is 268 g/mol. The van der Waals surface area contributed by atoms with Crippen LogP contribution in [0.4, 0.5) is 5.69 Å². The van der Waals surface area contributed by atoms with Gasteiger partial charge in [0.15, 0.2) is 6.61 Å². The fourth-order valence-corrected chi connectivity index (χ4v) is 1.89. The third-order valence-corrected chi connectivity index (χ3v) is 2.93. The fraction of sp³-hybridized carbons (Fsp3) is 0.188. The van der Waals surface area contributed by atoms with Crippen LogP contribution in [-0.2, 0) is 11.3 Å². The lowest BCUT2D eigenvalue weighted by Crippen LogP contribution is -2.21. The molecule has 2 rings (SSSR count). The van der Waals surface area contributed by atoms with Crippen molar-refractivity contribution in [2.24, 2.45) is 5.73 Å². The van der Waals surface area contributed by atoms with Crippen LogP contribution in [0.5, 0.6) is 11.5 Å². The summed E-state index contributed by atoms with van der Waals surface area (Å²) in [5.41, 5.74) is 7.10. The SMILES string of the molecule is COc1ccccc1NC(=O)COc1ccccc1CN. The smallest absolute Gasteiger partial charge is 0.262 e. The molecule has 0 bridgehead atoms. The predicted molar refractivity (Wildman–Crippen MR) is 81.5 cm³/mol. The molecule has 0 radical (unpaired) electrons. The molecule has 2 aromatic rings. The largest absolute Gasteiger partial charge is 0.495 e. The number of nitrogens with one attached hydrogen (secondary N) is 1. The van der Waals surface area contributed by atoms with Crippen molar-refractivity contribution in [1.29, 1.82) is 0 Å². The van der Waals surface area contributed by atoms with E-state index < -0.39 is 0 Å². The number of hydrogen-bond donors (Lipinski definition) is 2. The summed E-state index contributed by atoms with van der Waals surface area (Å²) < 4.78 is 10.7. The monoisotopic (exact) mass is 286 g/mol. The minimum Gasteiger partial charge on any atom is -0.495 e. The fourth-order valence-electron chi connectivity index (χ4n) is 1.89. The number of para-hydroxylation sites is 3. The Kier molecular flexibility index (Phi) is 5.17. The average molecular weight is 286 g/mol. The molecule has 1 amide bonds. The van der Waals surface area contributed by atoms with Crippen LogP contribution in [0.2, 0.25) is 0 Å². The maximum atomic E-state index is 11.9. The van der Waals surface area contributed by atoms with Crippen LogP contribution in [0.1, 0.15) is 5.56 Å². The predicted octanol–water partition coefficient (Wildman–Crippen LogP) is 2.17. The Morgan fingerprint density at radius 3 is 2.48 bits per heavy atom. The number of benzene rings is 2. The molecule has 0 saturated heterocycles. The molecule has 0 fully saturated rings. The van der Waals surface area contributed by atoms with Gasteiger partial charge in [0.25, 0.3) is 5.91 Å². The van der Waals surface area contributed by atoms with Crippen LogP contribution < -0.4 is 20.5 Å². The highest BCUT2D eigenvalue weighted by Gasteiger charge is 2.08. The lowest BCUT2D eigenvalue weighted by molar-refractivity contribution is -0.118. The topological polar surface area (TPSA) is 73.6 Å². The summed E-state index contributed by atoms with van der Waals surface area (Å²) in [6.45, 7) is 0.277. The van der Waals surface area contributed by atoms with Crippen molar-refractivity contribution in [1.82, 2.24) is 0 Å². The molecule has 2 aromatic carbocycles. The molecule has 0 aliphatic heterocycles. The summed E-state index contributed by atoms with van der Waals surface area (Å²) in [5.74, 6) is 0.967. The van der Waals surface area contributed by atoms with Gasteiger partial charge in [-0.2, -0.15) is 0 Å². The zero-order valence-corrected chi connectivity index (χ0v) is 11.8. The van der Waals surface area contributed by atoms with Gasteiger partial charge in [-0.1, -0.05) is 30.3 Å². The molecular formula is C16H18N2O3. The van der Waals surface area contributed by atoms with E-state index in [2.05, 4.69) is 5.32 Å². The molecule has 5 nitrogen and oxygen atoms in total.